The Morgan fingerprint density at radius 3 is 2.06 bits per heavy atom. The van der Waals surface area contributed by atoms with Crippen molar-refractivity contribution in [1.29, 1.82) is 0 Å². The van der Waals surface area contributed by atoms with Crippen molar-refractivity contribution in [3.8, 4) is 0 Å². The minimum atomic E-state index is -3.51. The quantitative estimate of drug-likeness (QED) is 0.830. The van der Waals surface area contributed by atoms with Gasteiger partial charge in [0.1, 0.15) is 5.21 Å². The van der Waals surface area contributed by atoms with E-state index in [9.17, 15) is 16.8 Å². The fourth-order valence-corrected chi connectivity index (χ4v) is 2.93. The SMILES string of the molecule is CC(NS(=O)(=O)CCl)c1ccc(S(C)(=O)=O)cc1. The molecule has 5 nitrogen and oxygen atoms in total. The molecule has 0 amide bonds. The molecule has 0 aliphatic carbocycles. The van der Waals surface area contributed by atoms with Crippen molar-refractivity contribution < 1.29 is 16.8 Å². The van der Waals surface area contributed by atoms with Gasteiger partial charge in [-0.25, -0.2) is 21.6 Å². The zero-order valence-corrected chi connectivity index (χ0v) is 12.3. The molecule has 0 bridgehead atoms. The molecule has 0 saturated heterocycles. The van der Waals surface area contributed by atoms with Gasteiger partial charge in [0.25, 0.3) is 0 Å². The van der Waals surface area contributed by atoms with Crippen molar-refractivity contribution in [2.75, 3.05) is 11.5 Å². The maximum Gasteiger partial charge on any atom is 0.226 e. The second-order valence-electron chi connectivity index (χ2n) is 3.90. The third-order valence-electron chi connectivity index (χ3n) is 2.31. The summed E-state index contributed by atoms with van der Waals surface area (Å²) in [7, 11) is -6.75. The van der Waals surface area contributed by atoms with Gasteiger partial charge in [0, 0.05) is 12.3 Å². The molecule has 1 aromatic rings. The van der Waals surface area contributed by atoms with E-state index in [2.05, 4.69) is 4.72 Å². The second kappa shape index (κ2) is 5.56. The van der Waals surface area contributed by atoms with Crippen LogP contribution in [0.15, 0.2) is 29.2 Å². The van der Waals surface area contributed by atoms with E-state index in [1.54, 1.807) is 19.1 Å². The van der Waals surface area contributed by atoms with Crippen molar-refractivity contribution in [3.63, 3.8) is 0 Å². The van der Waals surface area contributed by atoms with Crippen molar-refractivity contribution in [2.24, 2.45) is 0 Å². The molecular formula is C10H14ClNO4S2. The highest BCUT2D eigenvalue weighted by atomic mass is 35.5. The average Bonchev–Trinajstić information content (AvgIpc) is 2.27. The minimum absolute atomic E-state index is 0.193. The highest BCUT2D eigenvalue weighted by molar-refractivity contribution is 7.91. The van der Waals surface area contributed by atoms with E-state index >= 15 is 0 Å². The summed E-state index contributed by atoms with van der Waals surface area (Å²) in [5, 5.41) is -0.515. The Morgan fingerprint density at radius 2 is 1.67 bits per heavy atom. The molecule has 8 heteroatoms. The number of hydrogen-bond donors (Lipinski definition) is 1. The highest BCUT2D eigenvalue weighted by Crippen LogP contribution is 2.17. The number of halogens is 1. The van der Waals surface area contributed by atoms with E-state index in [1.165, 1.54) is 12.1 Å². The maximum absolute atomic E-state index is 11.3. The first kappa shape index (κ1) is 15.4. The first-order valence-corrected chi connectivity index (χ1v) is 9.09. The van der Waals surface area contributed by atoms with Crippen molar-refractivity contribution in [1.82, 2.24) is 4.72 Å². The zero-order valence-electron chi connectivity index (χ0n) is 9.92. The molecular weight excluding hydrogens is 298 g/mol. The summed E-state index contributed by atoms with van der Waals surface area (Å²) in [6, 6.07) is 5.55. The van der Waals surface area contributed by atoms with Crippen molar-refractivity contribution in [3.05, 3.63) is 29.8 Å². The smallest absolute Gasteiger partial charge is 0.224 e. The molecule has 1 atom stereocenters. The standard InChI is InChI=1S/C10H14ClNO4S2/c1-8(12-18(15,16)7-11)9-3-5-10(6-4-9)17(2,13)14/h3-6,8,12H,7H2,1-2H3. The number of rotatable bonds is 5. The van der Waals surface area contributed by atoms with Crippen LogP contribution < -0.4 is 4.72 Å². The number of sulfonamides is 1. The second-order valence-corrected chi connectivity index (χ2v) is 8.26. The summed E-state index contributed by atoms with van der Waals surface area (Å²) in [6.45, 7) is 1.65. The molecule has 1 unspecified atom stereocenters. The third-order valence-corrected chi connectivity index (χ3v) is 5.30. The van der Waals surface area contributed by atoms with Gasteiger partial charge in [-0.3, -0.25) is 0 Å². The van der Waals surface area contributed by atoms with Gasteiger partial charge >= 0.3 is 0 Å². The topological polar surface area (TPSA) is 80.3 Å². The Morgan fingerprint density at radius 1 is 1.17 bits per heavy atom. The Balaban J connectivity index is 2.93. The highest BCUT2D eigenvalue weighted by Gasteiger charge is 2.15. The van der Waals surface area contributed by atoms with Gasteiger partial charge in [0.05, 0.1) is 4.90 Å². The summed E-state index contributed by atoms with van der Waals surface area (Å²) in [6.07, 6.45) is 1.11. The average molecular weight is 312 g/mol. The van der Waals surface area contributed by atoms with Crippen molar-refractivity contribution >= 4 is 31.5 Å². The lowest BCUT2D eigenvalue weighted by Gasteiger charge is -2.13. The van der Waals surface area contributed by atoms with E-state index in [0.717, 1.165) is 6.26 Å². The Kier molecular flexibility index (Phi) is 4.77. The molecule has 0 saturated carbocycles. The summed E-state index contributed by atoms with van der Waals surface area (Å²) in [4.78, 5) is 0.193. The van der Waals surface area contributed by atoms with E-state index in [1.807, 2.05) is 0 Å². The molecule has 18 heavy (non-hydrogen) atoms. The number of nitrogens with one attached hydrogen (secondary N) is 1. The monoisotopic (exact) mass is 311 g/mol. The summed E-state index contributed by atoms with van der Waals surface area (Å²) in [5.41, 5.74) is 0.663. The molecule has 1 aromatic carbocycles. The van der Waals surface area contributed by atoms with Gasteiger partial charge in [-0.15, -0.1) is 11.6 Å². The summed E-state index contributed by atoms with van der Waals surface area (Å²) >= 11 is 5.28. The van der Waals surface area contributed by atoms with Gasteiger partial charge < -0.3 is 0 Å². The van der Waals surface area contributed by atoms with Crippen LogP contribution in [0.4, 0.5) is 0 Å². The molecule has 0 heterocycles. The molecule has 0 aliphatic rings. The number of benzene rings is 1. The lowest BCUT2D eigenvalue weighted by molar-refractivity contribution is 0.571. The molecule has 102 valence electrons. The molecule has 0 spiro atoms. The van der Waals surface area contributed by atoms with Crippen LogP contribution in [0.1, 0.15) is 18.5 Å². The first-order valence-electron chi connectivity index (χ1n) is 5.02. The fraction of sp³-hybridized carbons (Fsp3) is 0.400. The van der Waals surface area contributed by atoms with E-state index in [4.69, 9.17) is 11.6 Å². The molecule has 0 radical (unpaired) electrons. The lowest BCUT2D eigenvalue weighted by Crippen LogP contribution is -2.27. The number of alkyl halides is 1. The lowest BCUT2D eigenvalue weighted by atomic mass is 10.1. The third kappa shape index (κ3) is 4.24. The van der Waals surface area contributed by atoms with Gasteiger partial charge in [-0.1, -0.05) is 12.1 Å². The molecule has 0 aliphatic heterocycles. The van der Waals surface area contributed by atoms with Crippen LogP contribution in [-0.4, -0.2) is 28.3 Å². The fourth-order valence-electron chi connectivity index (χ4n) is 1.37. The predicted molar refractivity (Wildman–Crippen MR) is 70.7 cm³/mol. The van der Waals surface area contributed by atoms with Crippen LogP contribution in [-0.2, 0) is 19.9 Å². The molecule has 0 aromatic heterocycles. The van der Waals surface area contributed by atoms with Crippen LogP contribution in [0.25, 0.3) is 0 Å². The van der Waals surface area contributed by atoms with Crippen LogP contribution >= 0.6 is 11.6 Å². The van der Waals surface area contributed by atoms with Crippen LogP contribution in [0, 0.1) is 0 Å². The van der Waals surface area contributed by atoms with Crippen molar-refractivity contribution in [2.45, 2.75) is 17.9 Å². The zero-order chi connectivity index (χ0) is 14.0. The molecule has 1 rings (SSSR count). The van der Waals surface area contributed by atoms with Crippen LogP contribution in [0.5, 0.6) is 0 Å². The van der Waals surface area contributed by atoms with Crippen LogP contribution in [0.3, 0.4) is 0 Å². The van der Waals surface area contributed by atoms with E-state index in [0.29, 0.717) is 5.56 Å². The maximum atomic E-state index is 11.3. The minimum Gasteiger partial charge on any atom is -0.224 e. The first-order chi connectivity index (χ1) is 8.15. The number of hydrogen-bond acceptors (Lipinski definition) is 4. The van der Waals surface area contributed by atoms with Gasteiger partial charge in [-0.2, -0.15) is 0 Å². The summed E-state index contributed by atoms with van der Waals surface area (Å²) < 4.78 is 47.4. The molecule has 1 N–H and O–H groups in total. The number of sulfone groups is 1. The Bertz CT molecular complexity index is 608. The predicted octanol–water partition coefficient (Wildman–Crippen LogP) is 1.27. The van der Waals surface area contributed by atoms with Gasteiger partial charge in [0.2, 0.25) is 10.0 Å². The van der Waals surface area contributed by atoms with Crippen LogP contribution in [0.2, 0.25) is 0 Å². The largest absolute Gasteiger partial charge is 0.226 e. The summed E-state index contributed by atoms with van der Waals surface area (Å²) in [5.74, 6) is 0. The van der Waals surface area contributed by atoms with E-state index < -0.39 is 31.1 Å². The van der Waals surface area contributed by atoms with Gasteiger partial charge in [-0.05, 0) is 24.6 Å². The Labute approximate surface area is 112 Å². The van der Waals surface area contributed by atoms with Gasteiger partial charge in [0.15, 0.2) is 9.84 Å². The molecule has 0 fully saturated rings. The van der Waals surface area contributed by atoms with E-state index in [-0.39, 0.29) is 4.90 Å². The normalized spacial score (nSPS) is 14.4. The Hall–Kier alpha value is -0.630.